The van der Waals surface area contributed by atoms with Crippen LogP contribution in [0.1, 0.15) is 57.8 Å². The zero-order valence-electron chi connectivity index (χ0n) is 13.6. The van der Waals surface area contributed by atoms with Crippen LogP contribution in [0.2, 0.25) is 0 Å². The lowest BCUT2D eigenvalue weighted by Gasteiger charge is -2.32. The van der Waals surface area contributed by atoms with Gasteiger partial charge in [-0.15, -0.1) is 0 Å². The minimum absolute atomic E-state index is 0.764. The van der Waals surface area contributed by atoms with Gasteiger partial charge in [0, 0.05) is 19.1 Å². The molecule has 0 spiro atoms. The highest BCUT2D eigenvalue weighted by Gasteiger charge is 2.39. The predicted molar refractivity (Wildman–Crippen MR) is 85.9 cm³/mol. The van der Waals surface area contributed by atoms with Crippen molar-refractivity contribution in [1.29, 1.82) is 0 Å². The average molecular weight is 278 g/mol. The topological polar surface area (TPSA) is 15.3 Å². The Kier molecular flexibility index (Phi) is 5.04. The van der Waals surface area contributed by atoms with Crippen LogP contribution in [-0.4, -0.2) is 38.1 Å². The maximum absolute atomic E-state index is 3.59. The molecule has 3 rings (SSSR count). The number of nitrogens with zero attached hydrogens (tertiary/aromatic N) is 1. The normalized spacial score (nSPS) is 41.2. The summed E-state index contributed by atoms with van der Waals surface area (Å²) in [4.78, 5) is 2.67. The maximum Gasteiger partial charge on any atom is 0.0104 e. The van der Waals surface area contributed by atoms with Crippen molar-refractivity contribution in [3.63, 3.8) is 0 Å². The molecule has 3 saturated carbocycles. The van der Waals surface area contributed by atoms with E-state index < -0.39 is 0 Å². The monoisotopic (exact) mass is 278 g/mol. The lowest BCUT2D eigenvalue weighted by atomic mass is 9.88. The van der Waals surface area contributed by atoms with Crippen molar-refractivity contribution in [2.75, 3.05) is 27.2 Å². The summed E-state index contributed by atoms with van der Waals surface area (Å²) in [5, 5.41) is 3.59. The van der Waals surface area contributed by atoms with Crippen LogP contribution >= 0.6 is 0 Å². The summed E-state index contributed by atoms with van der Waals surface area (Å²) in [6.07, 6.45) is 13.3. The maximum atomic E-state index is 3.59. The third-order valence-corrected chi connectivity index (χ3v) is 6.51. The Morgan fingerprint density at radius 1 is 0.900 bits per heavy atom. The van der Waals surface area contributed by atoms with E-state index in [1.165, 1.54) is 64.5 Å². The van der Waals surface area contributed by atoms with E-state index in [0.717, 1.165) is 29.7 Å². The zero-order chi connectivity index (χ0) is 13.9. The largest absolute Gasteiger partial charge is 0.317 e. The van der Waals surface area contributed by atoms with Crippen molar-refractivity contribution in [3.05, 3.63) is 0 Å². The molecule has 1 N–H and O–H groups in total. The molecule has 3 aliphatic carbocycles. The quantitative estimate of drug-likeness (QED) is 0.774. The van der Waals surface area contributed by atoms with E-state index in [1.807, 2.05) is 0 Å². The van der Waals surface area contributed by atoms with Gasteiger partial charge in [0.25, 0.3) is 0 Å². The zero-order valence-corrected chi connectivity index (χ0v) is 13.6. The minimum atomic E-state index is 0.764. The van der Waals surface area contributed by atoms with Crippen molar-refractivity contribution in [1.82, 2.24) is 10.2 Å². The predicted octanol–water partition coefficient (Wildman–Crippen LogP) is 3.52. The van der Waals surface area contributed by atoms with Crippen LogP contribution in [0.15, 0.2) is 0 Å². The van der Waals surface area contributed by atoms with Crippen LogP contribution in [0.5, 0.6) is 0 Å². The van der Waals surface area contributed by atoms with Gasteiger partial charge in [0.1, 0.15) is 0 Å². The molecule has 0 amide bonds. The lowest BCUT2D eigenvalue weighted by molar-refractivity contribution is 0.177. The molecule has 2 heteroatoms. The molecule has 0 heterocycles. The van der Waals surface area contributed by atoms with Gasteiger partial charge in [0.2, 0.25) is 0 Å². The SMILES string of the molecule is CNC1CCCCCC1CN(C)CC1CC2CCC1C2. The first kappa shape index (κ1) is 14.8. The number of rotatable bonds is 5. The van der Waals surface area contributed by atoms with Gasteiger partial charge in [-0.3, -0.25) is 0 Å². The molecular weight excluding hydrogens is 244 g/mol. The first-order valence-corrected chi connectivity index (χ1v) is 9.12. The van der Waals surface area contributed by atoms with Crippen molar-refractivity contribution in [2.45, 2.75) is 63.8 Å². The second-order valence-electron chi connectivity index (χ2n) is 7.95. The summed E-state index contributed by atoms with van der Waals surface area (Å²) in [7, 11) is 4.54. The smallest absolute Gasteiger partial charge is 0.0104 e. The second-order valence-corrected chi connectivity index (χ2v) is 7.95. The molecule has 0 aromatic heterocycles. The minimum Gasteiger partial charge on any atom is -0.317 e. The highest BCUT2D eigenvalue weighted by atomic mass is 15.1. The number of hydrogen-bond donors (Lipinski definition) is 1. The van der Waals surface area contributed by atoms with Crippen LogP contribution in [0.25, 0.3) is 0 Å². The van der Waals surface area contributed by atoms with Gasteiger partial charge in [0.15, 0.2) is 0 Å². The highest BCUT2D eigenvalue weighted by molar-refractivity contribution is 4.91. The van der Waals surface area contributed by atoms with Crippen molar-refractivity contribution in [3.8, 4) is 0 Å². The van der Waals surface area contributed by atoms with E-state index in [-0.39, 0.29) is 0 Å². The molecule has 0 aromatic carbocycles. The Bertz CT molecular complexity index is 304. The Morgan fingerprint density at radius 3 is 2.40 bits per heavy atom. The summed E-state index contributed by atoms with van der Waals surface area (Å²) in [5.74, 6) is 4.08. The summed E-state index contributed by atoms with van der Waals surface area (Å²) >= 11 is 0. The third kappa shape index (κ3) is 3.39. The van der Waals surface area contributed by atoms with Crippen LogP contribution in [0.3, 0.4) is 0 Å². The molecule has 5 unspecified atom stereocenters. The first-order valence-electron chi connectivity index (χ1n) is 9.12. The van der Waals surface area contributed by atoms with Gasteiger partial charge >= 0.3 is 0 Å². The van der Waals surface area contributed by atoms with Gasteiger partial charge in [-0.2, -0.15) is 0 Å². The Morgan fingerprint density at radius 2 is 1.70 bits per heavy atom. The molecule has 0 aliphatic heterocycles. The molecule has 5 atom stereocenters. The van der Waals surface area contributed by atoms with Crippen LogP contribution < -0.4 is 5.32 Å². The molecule has 0 saturated heterocycles. The second kappa shape index (κ2) is 6.79. The van der Waals surface area contributed by atoms with Crippen molar-refractivity contribution >= 4 is 0 Å². The molecule has 0 radical (unpaired) electrons. The Balaban J connectivity index is 1.48. The number of hydrogen-bond acceptors (Lipinski definition) is 2. The molecule has 3 fully saturated rings. The number of fused-ring (bicyclic) bond motifs is 2. The number of nitrogens with one attached hydrogen (secondary N) is 1. The van der Waals surface area contributed by atoms with Crippen LogP contribution in [-0.2, 0) is 0 Å². The van der Waals surface area contributed by atoms with Gasteiger partial charge in [-0.05, 0) is 69.9 Å². The van der Waals surface area contributed by atoms with E-state index in [4.69, 9.17) is 0 Å². The summed E-state index contributed by atoms with van der Waals surface area (Å²) in [5.41, 5.74) is 0. The molecule has 2 bridgehead atoms. The standard InChI is InChI=1S/C18H34N2/c1-19-18-7-5-3-4-6-16(18)12-20(2)13-17-11-14-8-9-15(17)10-14/h14-19H,3-13H2,1-2H3. The summed E-state index contributed by atoms with van der Waals surface area (Å²) < 4.78 is 0. The van der Waals surface area contributed by atoms with Crippen molar-refractivity contribution in [2.24, 2.45) is 23.7 Å². The fourth-order valence-corrected chi connectivity index (χ4v) is 5.46. The van der Waals surface area contributed by atoms with E-state index in [0.29, 0.717) is 0 Å². The molecule has 0 aromatic rings. The van der Waals surface area contributed by atoms with E-state index >= 15 is 0 Å². The average Bonchev–Trinajstić information content (AvgIpc) is 2.97. The van der Waals surface area contributed by atoms with Gasteiger partial charge in [0.05, 0.1) is 0 Å². The van der Waals surface area contributed by atoms with E-state index in [1.54, 1.807) is 6.42 Å². The lowest BCUT2D eigenvalue weighted by Crippen LogP contribution is -2.41. The molecule has 2 nitrogen and oxygen atoms in total. The van der Waals surface area contributed by atoms with Crippen LogP contribution in [0.4, 0.5) is 0 Å². The Hall–Kier alpha value is -0.0800. The highest BCUT2D eigenvalue weighted by Crippen LogP contribution is 2.48. The summed E-state index contributed by atoms with van der Waals surface area (Å²) in [6, 6.07) is 0.764. The summed E-state index contributed by atoms with van der Waals surface area (Å²) in [6.45, 7) is 2.69. The Labute approximate surface area is 125 Å². The molecule has 3 aliphatic rings. The fraction of sp³-hybridized carbons (Fsp3) is 1.00. The molecule has 116 valence electrons. The van der Waals surface area contributed by atoms with E-state index in [2.05, 4.69) is 24.3 Å². The van der Waals surface area contributed by atoms with Gasteiger partial charge in [-0.25, -0.2) is 0 Å². The first-order chi connectivity index (χ1) is 9.76. The van der Waals surface area contributed by atoms with E-state index in [9.17, 15) is 0 Å². The van der Waals surface area contributed by atoms with Gasteiger partial charge in [-0.1, -0.05) is 25.7 Å². The molecule has 20 heavy (non-hydrogen) atoms. The molecular formula is C18H34N2. The fourth-order valence-electron chi connectivity index (χ4n) is 5.46. The third-order valence-electron chi connectivity index (χ3n) is 6.51. The van der Waals surface area contributed by atoms with Crippen LogP contribution in [0, 0.1) is 23.7 Å². The van der Waals surface area contributed by atoms with Crippen molar-refractivity contribution < 1.29 is 0 Å². The van der Waals surface area contributed by atoms with Gasteiger partial charge < -0.3 is 10.2 Å².